The lowest BCUT2D eigenvalue weighted by atomic mass is 10.1. The Balaban J connectivity index is 2.03. The van der Waals surface area contributed by atoms with Crippen molar-refractivity contribution in [2.75, 3.05) is 7.05 Å². The highest BCUT2D eigenvalue weighted by atomic mass is 16.2. The smallest absolute Gasteiger partial charge is 0.270 e. The van der Waals surface area contributed by atoms with Crippen LogP contribution in [0.1, 0.15) is 47.3 Å². The SMILES string of the molecule is Cc1ccc2[nH]c(C(=O)N(C)C3CCCC3)c(CC#N)c2c1. The first kappa shape index (κ1) is 14.6. The van der Waals surface area contributed by atoms with Gasteiger partial charge in [-0.1, -0.05) is 24.5 Å². The predicted molar refractivity (Wildman–Crippen MR) is 86.7 cm³/mol. The zero-order valence-electron chi connectivity index (χ0n) is 13.1. The molecule has 4 heteroatoms. The van der Waals surface area contributed by atoms with E-state index in [4.69, 9.17) is 5.26 Å². The Hall–Kier alpha value is -2.28. The Morgan fingerprint density at radius 3 is 2.82 bits per heavy atom. The third-order valence-electron chi connectivity index (χ3n) is 4.72. The summed E-state index contributed by atoms with van der Waals surface area (Å²) in [7, 11) is 1.88. The lowest BCUT2D eigenvalue weighted by molar-refractivity contribution is 0.0729. The average Bonchev–Trinajstić information content (AvgIpc) is 3.15. The van der Waals surface area contributed by atoms with Crippen LogP contribution >= 0.6 is 0 Å². The van der Waals surface area contributed by atoms with Crippen molar-refractivity contribution in [3.05, 3.63) is 35.0 Å². The molecular weight excluding hydrogens is 274 g/mol. The fraction of sp³-hybridized carbons (Fsp3) is 0.444. The number of benzene rings is 1. The molecule has 2 aromatic rings. The molecule has 1 aromatic heterocycles. The highest BCUT2D eigenvalue weighted by Crippen LogP contribution is 2.28. The molecule has 0 radical (unpaired) electrons. The van der Waals surface area contributed by atoms with Gasteiger partial charge in [0.2, 0.25) is 0 Å². The van der Waals surface area contributed by atoms with Crippen molar-refractivity contribution >= 4 is 16.8 Å². The largest absolute Gasteiger partial charge is 0.350 e. The minimum Gasteiger partial charge on any atom is -0.350 e. The van der Waals surface area contributed by atoms with Crippen LogP contribution in [0.5, 0.6) is 0 Å². The standard InChI is InChI=1S/C18H21N3O/c1-12-7-8-16-15(11-12)14(9-10-19)17(20-16)18(22)21(2)13-5-3-4-6-13/h7-8,11,13,20H,3-6,9H2,1-2H3. The van der Waals surface area contributed by atoms with Gasteiger partial charge in [0.1, 0.15) is 5.69 Å². The third-order valence-corrected chi connectivity index (χ3v) is 4.72. The zero-order chi connectivity index (χ0) is 15.7. The van der Waals surface area contributed by atoms with Crippen molar-refractivity contribution in [3.63, 3.8) is 0 Å². The summed E-state index contributed by atoms with van der Waals surface area (Å²) in [6.07, 6.45) is 4.80. The molecule has 1 N–H and O–H groups in total. The summed E-state index contributed by atoms with van der Waals surface area (Å²) in [5.74, 6) is 0.00556. The summed E-state index contributed by atoms with van der Waals surface area (Å²) < 4.78 is 0. The quantitative estimate of drug-likeness (QED) is 0.941. The molecule has 1 saturated carbocycles. The van der Waals surface area contributed by atoms with Crippen molar-refractivity contribution in [1.29, 1.82) is 5.26 Å². The highest BCUT2D eigenvalue weighted by Gasteiger charge is 2.27. The maximum atomic E-state index is 12.9. The highest BCUT2D eigenvalue weighted by molar-refractivity contribution is 6.01. The topological polar surface area (TPSA) is 59.9 Å². The molecule has 0 bridgehead atoms. The number of nitriles is 1. The number of rotatable bonds is 3. The van der Waals surface area contributed by atoms with Crippen LogP contribution in [0, 0.1) is 18.3 Å². The number of nitrogens with zero attached hydrogens (tertiary/aromatic N) is 2. The Morgan fingerprint density at radius 2 is 2.14 bits per heavy atom. The van der Waals surface area contributed by atoms with Gasteiger partial charge in [0.05, 0.1) is 12.5 Å². The van der Waals surface area contributed by atoms with Crippen LogP contribution in [0.25, 0.3) is 10.9 Å². The van der Waals surface area contributed by atoms with Gasteiger partial charge < -0.3 is 9.88 Å². The van der Waals surface area contributed by atoms with Gasteiger partial charge in [0.15, 0.2) is 0 Å². The molecule has 114 valence electrons. The molecule has 0 saturated heterocycles. The number of fused-ring (bicyclic) bond motifs is 1. The number of aromatic amines is 1. The van der Waals surface area contributed by atoms with E-state index in [1.165, 1.54) is 12.8 Å². The lowest BCUT2D eigenvalue weighted by Gasteiger charge is -2.24. The normalized spacial score (nSPS) is 15.1. The molecule has 1 fully saturated rings. The molecule has 1 aliphatic rings. The van der Waals surface area contributed by atoms with Crippen LogP contribution in [0.15, 0.2) is 18.2 Å². The second-order valence-corrected chi connectivity index (χ2v) is 6.22. The average molecular weight is 295 g/mol. The maximum absolute atomic E-state index is 12.9. The fourth-order valence-electron chi connectivity index (χ4n) is 3.44. The van der Waals surface area contributed by atoms with Gasteiger partial charge in [0.25, 0.3) is 5.91 Å². The zero-order valence-corrected chi connectivity index (χ0v) is 13.1. The van der Waals surface area contributed by atoms with Gasteiger partial charge in [0, 0.05) is 29.6 Å². The first-order valence-corrected chi connectivity index (χ1v) is 7.87. The van der Waals surface area contributed by atoms with E-state index in [0.717, 1.165) is 34.9 Å². The van der Waals surface area contributed by atoms with E-state index >= 15 is 0 Å². The van der Waals surface area contributed by atoms with Gasteiger partial charge in [-0.05, 0) is 31.9 Å². The molecule has 1 aliphatic carbocycles. The summed E-state index contributed by atoms with van der Waals surface area (Å²) >= 11 is 0. The van der Waals surface area contributed by atoms with Gasteiger partial charge in [-0.25, -0.2) is 0 Å². The second kappa shape index (κ2) is 5.84. The summed E-state index contributed by atoms with van der Waals surface area (Å²) in [5, 5.41) is 10.1. The van der Waals surface area contributed by atoms with Crippen molar-refractivity contribution in [3.8, 4) is 6.07 Å². The number of aryl methyl sites for hydroxylation is 1. The molecule has 4 nitrogen and oxygen atoms in total. The Morgan fingerprint density at radius 1 is 1.41 bits per heavy atom. The van der Waals surface area contributed by atoms with E-state index in [2.05, 4.69) is 11.1 Å². The van der Waals surface area contributed by atoms with Crippen LogP contribution in [-0.2, 0) is 6.42 Å². The van der Waals surface area contributed by atoms with E-state index in [1.807, 2.05) is 37.1 Å². The Kier molecular flexibility index (Phi) is 3.89. The van der Waals surface area contributed by atoms with E-state index < -0.39 is 0 Å². The third kappa shape index (κ3) is 2.48. The van der Waals surface area contributed by atoms with Gasteiger partial charge in [-0.15, -0.1) is 0 Å². The molecule has 22 heavy (non-hydrogen) atoms. The number of amides is 1. The van der Waals surface area contributed by atoms with Crippen LogP contribution in [0.4, 0.5) is 0 Å². The number of nitrogens with one attached hydrogen (secondary N) is 1. The number of carbonyl (C=O) groups is 1. The molecule has 0 atom stereocenters. The van der Waals surface area contributed by atoms with Crippen molar-refractivity contribution in [2.24, 2.45) is 0 Å². The minimum atomic E-state index is 0.00556. The summed E-state index contributed by atoms with van der Waals surface area (Å²) in [6.45, 7) is 2.02. The minimum absolute atomic E-state index is 0.00556. The molecule has 0 aliphatic heterocycles. The molecule has 0 unspecified atom stereocenters. The molecular formula is C18H21N3O. The second-order valence-electron chi connectivity index (χ2n) is 6.22. The van der Waals surface area contributed by atoms with Crippen molar-refractivity contribution < 1.29 is 4.79 Å². The van der Waals surface area contributed by atoms with E-state index in [9.17, 15) is 4.79 Å². The molecule has 3 rings (SSSR count). The number of hydrogen-bond donors (Lipinski definition) is 1. The molecule has 1 amide bonds. The number of H-pyrrole nitrogens is 1. The van der Waals surface area contributed by atoms with Gasteiger partial charge >= 0.3 is 0 Å². The van der Waals surface area contributed by atoms with Gasteiger partial charge in [-0.2, -0.15) is 5.26 Å². The first-order valence-electron chi connectivity index (χ1n) is 7.87. The van der Waals surface area contributed by atoms with E-state index in [-0.39, 0.29) is 12.3 Å². The molecule has 1 aromatic carbocycles. The van der Waals surface area contributed by atoms with Crippen molar-refractivity contribution in [1.82, 2.24) is 9.88 Å². The maximum Gasteiger partial charge on any atom is 0.270 e. The number of hydrogen-bond acceptors (Lipinski definition) is 2. The van der Waals surface area contributed by atoms with Crippen molar-refractivity contribution in [2.45, 2.75) is 45.1 Å². The lowest BCUT2D eigenvalue weighted by Crippen LogP contribution is -2.35. The number of aromatic nitrogens is 1. The summed E-state index contributed by atoms with van der Waals surface area (Å²) in [5.41, 5.74) is 3.47. The van der Waals surface area contributed by atoms with Crippen LogP contribution in [0.2, 0.25) is 0 Å². The van der Waals surface area contributed by atoms with E-state index in [1.54, 1.807) is 0 Å². The fourth-order valence-corrected chi connectivity index (χ4v) is 3.44. The van der Waals surface area contributed by atoms with Gasteiger partial charge in [-0.3, -0.25) is 4.79 Å². The summed E-state index contributed by atoms with van der Waals surface area (Å²) in [6, 6.07) is 8.57. The molecule has 1 heterocycles. The molecule has 0 spiro atoms. The monoisotopic (exact) mass is 295 g/mol. The Bertz CT molecular complexity index is 748. The van der Waals surface area contributed by atoms with Crippen LogP contribution in [-0.4, -0.2) is 28.9 Å². The Labute approximate surface area is 130 Å². The van der Waals surface area contributed by atoms with E-state index in [0.29, 0.717) is 11.7 Å². The summed E-state index contributed by atoms with van der Waals surface area (Å²) in [4.78, 5) is 18.0. The number of carbonyl (C=O) groups excluding carboxylic acids is 1. The predicted octanol–water partition coefficient (Wildman–Crippen LogP) is 3.56. The van der Waals surface area contributed by atoms with Crippen LogP contribution in [0.3, 0.4) is 0 Å². The first-order chi connectivity index (χ1) is 10.6. The van der Waals surface area contributed by atoms with Crippen LogP contribution < -0.4 is 0 Å².